The third-order valence-electron chi connectivity index (χ3n) is 3.70. The highest BCUT2D eigenvalue weighted by Crippen LogP contribution is 2.34. The molecule has 1 aromatic carbocycles. The van der Waals surface area contributed by atoms with Crippen LogP contribution in [0.2, 0.25) is 5.15 Å². The van der Waals surface area contributed by atoms with E-state index in [1.807, 2.05) is 30.0 Å². The molecule has 1 amide bonds. The fourth-order valence-electron chi connectivity index (χ4n) is 2.70. The summed E-state index contributed by atoms with van der Waals surface area (Å²) in [7, 11) is 0. The normalized spacial score (nSPS) is 18.1. The Morgan fingerprint density at radius 3 is 2.82 bits per heavy atom. The Labute approximate surface area is 138 Å². The predicted molar refractivity (Wildman–Crippen MR) is 89.5 cm³/mol. The topological polar surface area (TPSA) is 46.1 Å². The largest absolute Gasteiger partial charge is 0.308 e. The van der Waals surface area contributed by atoms with Gasteiger partial charge in [-0.05, 0) is 44.0 Å². The molecule has 3 rings (SSSR count). The van der Waals surface area contributed by atoms with Crippen LogP contribution in [0.3, 0.4) is 0 Å². The second kappa shape index (κ2) is 6.26. The number of amides is 1. The lowest BCUT2D eigenvalue weighted by Gasteiger charge is -2.25. The number of nitrogens with zero attached hydrogens (tertiary/aromatic N) is 3. The molecule has 2 heterocycles. The van der Waals surface area contributed by atoms with Crippen molar-refractivity contribution >= 4 is 35.0 Å². The van der Waals surface area contributed by atoms with Crippen LogP contribution in [0.5, 0.6) is 0 Å². The van der Waals surface area contributed by atoms with E-state index in [2.05, 4.69) is 23.2 Å². The number of hydrogen-bond donors (Lipinski definition) is 0. The molecule has 1 aliphatic rings. The van der Waals surface area contributed by atoms with Crippen LogP contribution < -0.4 is 4.90 Å². The number of aromatic nitrogens is 2. The van der Waals surface area contributed by atoms with Crippen molar-refractivity contribution in [2.24, 2.45) is 0 Å². The fourth-order valence-corrected chi connectivity index (χ4v) is 3.61. The average molecular weight is 334 g/mol. The summed E-state index contributed by atoms with van der Waals surface area (Å²) in [5.41, 5.74) is 2.25. The molecule has 0 saturated heterocycles. The van der Waals surface area contributed by atoms with Gasteiger partial charge in [0.2, 0.25) is 5.91 Å². The molecular weight excluding hydrogens is 318 g/mol. The first-order chi connectivity index (χ1) is 10.6. The molecule has 0 fully saturated rings. The lowest BCUT2D eigenvalue weighted by Crippen LogP contribution is -2.40. The molecule has 6 heteroatoms. The van der Waals surface area contributed by atoms with E-state index in [-0.39, 0.29) is 17.2 Å². The Bertz CT molecular complexity index is 692. The Hall–Kier alpha value is -1.59. The van der Waals surface area contributed by atoms with Crippen molar-refractivity contribution in [1.29, 1.82) is 0 Å². The first kappa shape index (κ1) is 15.3. The number of thioether (sulfide) groups is 1. The van der Waals surface area contributed by atoms with Crippen molar-refractivity contribution in [2.75, 3.05) is 4.90 Å². The Kier molecular flexibility index (Phi) is 4.36. The van der Waals surface area contributed by atoms with Gasteiger partial charge < -0.3 is 4.90 Å². The van der Waals surface area contributed by atoms with Crippen molar-refractivity contribution in [3.63, 3.8) is 0 Å². The van der Waals surface area contributed by atoms with Gasteiger partial charge in [0, 0.05) is 11.7 Å². The number of carbonyl (C=O) groups excluding carboxylic acids is 1. The maximum absolute atomic E-state index is 12.8. The van der Waals surface area contributed by atoms with Crippen LogP contribution >= 0.6 is 23.4 Å². The van der Waals surface area contributed by atoms with Crippen molar-refractivity contribution in [1.82, 2.24) is 10.2 Å². The van der Waals surface area contributed by atoms with Gasteiger partial charge in [0.15, 0.2) is 5.15 Å². The summed E-state index contributed by atoms with van der Waals surface area (Å²) < 4.78 is 0. The number of rotatable bonds is 3. The van der Waals surface area contributed by atoms with Gasteiger partial charge in [-0.1, -0.05) is 41.6 Å². The minimum Gasteiger partial charge on any atom is -0.308 e. The van der Waals surface area contributed by atoms with Gasteiger partial charge in [-0.15, -0.1) is 10.2 Å². The van der Waals surface area contributed by atoms with E-state index >= 15 is 0 Å². The zero-order valence-electron chi connectivity index (χ0n) is 12.4. The van der Waals surface area contributed by atoms with E-state index in [9.17, 15) is 4.79 Å². The number of para-hydroxylation sites is 1. The van der Waals surface area contributed by atoms with E-state index < -0.39 is 0 Å². The quantitative estimate of drug-likeness (QED) is 0.805. The molecule has 0 bridgehead atoms. The molecule has 4 nitrogen and oxygen atoms in total. The first-order valence-electron chi connectivity index (χ1n) is 7.13. The number of hydrogen-bond acceptors (Lipinski definition) is 4. The molecule has 22 heavy (non-hydrogen) atoms. The Balaban J connectivity index is 1.77. The van der Waals surface area contributed by atoms with E-state index in [0.29, 0.717) is 10.2 Å². The summed E-state index contributed by atoms with van der Waals surface area (Å²) in [5, 5.41) is 8.63. The molecule has 0 radical (unpaired) electrons. The summed E-state index contributed by atoms with van der Waals surface area (Å²) >= 11 is 7.13. The molecule has 2 atom stereocenters. The van der Waals surface area contributed by atoms with Gasteiger partial charge in [0.25, 0.3) is 0 Å². The van der Waals surface area contributed by atoms with Gasteiger partial charge in [-0.3, -0.25) is 4.79 Å². The highest BCUT2D eigenvalue weighted by atomic mass is 35.5. The van der Waals surface area contributed by atoms with E-state index in [1.54, 1.807) is 12.1 Å². The highest BCUT2D eigenvalue weighted by molar-refractivity contribution is 8.00. The first-order valence-corrected chi connectivity index (χ1v) is 8.39. The molecule has 0 unspecified atom stereocenters. The van der Waals surface area contributed by atoms with Crippen LogP contribution in [0.25, 0.3) is 0 Å². The summed E-state index contributed by atoms with van der Waals surface area (Å²) in [6.45, 7) is 3.98. The van der Waals surface area contributed by atoms with Crippen molar-refractivity contribution < 1.29 is 4.79 Å². The molecule has 0 saturated carbocycles. The molecule has 0 spiro atoms. The zero-order chi connectivity index (χ0) is 15.7. The smallest absolute Gasteiger partial charge is 0.240 e. The van der Waals surface area contributed by atoms with Crippen molar-refractivity contribution in [3.8, 4) is 0 Å². The van der Waals surface area contributed by atoms with Gasteiger partial charge >= 0.3 is 0 Å². The van der Waals surface area contributed by atoms with Crippen molar-refractivity contribution in [2.45, 2.75) is 36.6 Å². The monoisotopic (exact) mass is 333 g/mol. The standard InChI is InChI=1S/C16H16ClN3OS/c1-10-9-12-5-3-4-6-13(12)20(10)16(21)11(2)22-15-8-7-14(17)18-19-15/h3-8,10-11H,9H2,1-2H3/t10-,11-/m1/s1. The third-order valence-corrected chi connectivity index (χ3v) is 4.91. The maximum atomic E-state index is 12.8. The summed E-state index contributed by atoms with van der Waals surface area (Å²) in [4.78, 5) is 14.7. The number of benzene rings is 1. The minimum absolute atomic E-state index is 0.0965. The Morgan fingerprint density at radius 1 is 1.32 bits per heavy atom. The molecule has 0 N–H and O–H groups in total. The number of carbonyl (C=O) groups is 1. The lowest BCUT2D eigenvalue weighted by atomic mass is 10.1. The highest BCUT2D eigenvalue weighted by Gasteiger charge is 2.33. The second-order valence-corrected chi connectivity index (χ2v) is 7.09. The van der Waals surface area contributed by atoms with Gasteiger partial charge in [0.1, 0.15) is 5.03 Å². The fraction of sp³-hybridized carbons (Fsp3) is 0.312. The van der Waals surface area contributed by atoms with E-state index in [4.69, 9.17) is 11.6 Å². The summed E-state index contributed by atoms with van der Waals surface area (Å²) in [6, 6.07) is 11.7. The van der Waals surface area contributed by atoms with Crippen LogP contribution in [-0.4, -0.2) is 27.4 Å². The molecule has 114 valence electrons. The number of fused-ring (bicyclic) bond motifs is 1. The van der Waals surface area contributed by atoms with Gasteiger partial charge in [0.05, 0.1) is 5.25 Å². The summed E-state index contributed by atoms with van der Waals surface area (Å²) in [5.74, 6) is 0.0965. The van der Waals surface area contributed by atoms with E-state index in [1.165, 1.54) is 17.3 Å². The molecule has 0 aliphatic carbocycles. The minimum atomic E-state index is -0.232. The lowest BCUT2D eigenvalue weighted by molar-refractivity contribution is -0.118. The second-order valence-electron chi connectivity index (χ2n) is 5.34. The molecular formula is C16H16ClN3OS. The SMILES string of the molecule is C[C@@H]1Cc2ccccc2N1C(=O)[C@@H](C)Sc1ccc(Cl)nn1. The van der Waals surface area contributed by atoms with Crippen LogP contribution in [0.1, 0.15) is 19.4 Å². The van der Waals surface area contributed by atoms with Crippen LogP contribution in [0, 0.1) is 0 Å². The van der Waals surface area contributed by atoms with Gasteiger partial charge in [-0.25, -0.2) is 0 Å². The third kappa shape index (κ3) is 2.96. The van der Waals surface area contributed by atoms with Crippen molar-refractivity contribution in [3.05, 3.63) is 47.1 Å². The predicted octanol–water partition coefficient (Wildman–Crippen LogP) is 3.59. The molecule has 1 aliphatic heterocycles. The van der Waals surface area contributed by atoms with Crippen LogP contribution in [0.15, 0.2) is 41.4 Å². The average Bonchev–Trinajstić information content (AvgIpc) is 2.84. The van der Waals surface area contributed by atoms with E-state index in [0.717, 1.165) is 12.1 Å². The number of halogens is 1. The maximum Gasteiger partial charge on any atom is 0.240 e. The summed E-state index contributed by atoms with van der Waals surface area (Å²) in [6.07, 6.45) is 0.903. The Morgan fingerprint density at radius 2 is 2.09 bits per heavy atom. The molecule has 2 aromatic rings. The zero-order valence-corrected chi connectivity index (χ0v) is 13.9. The van der Waals surface area contributed by atoms with Crippen LogP contribution in [-0.2, 0) is 11.2 Å². The van der Waals surface area contributed by atoms with Crippen LogP contribution in [0.4, 0.5) is 5.69 Å². The van der Waals surface area contributed by atoms with Gasteiger partial charge in [-0.2, -0.15) is 0 Å². The molecule has 1 aromatic heterocycles. The number of anilines is 1.